The third kappa shape index (κ3) is 2.79. The third-order valence-electron chi connectivity index (χ3n) is 6.66. The van der Waals surface area contributed by atoms with Crippen LogP contribution in [0.15, 0.2) is 72.3 Å². The van der Waals surface area contributed by atoms with Gasteiger partial charge in [-0.2, -0.15) is 0 Å². The summed E-state index contributed by atoms with van der Waals surface area (Å²) in [4.78, 5) is 13.2. The number of amides is 1. The zero-order valence-electron chi connectivity index (χ0n) is 18.7. The van der Waals surface area contributed by atoms with Gasteiger partial charge in [-0.25, -0.2) is 0 Å². The number of nitrogens with one attached hydrogen (secondary N) is 1. The Morgan fingerprint density at radius 2 is 1.66 bits per heavy atom. The van der Waals surface area contributed by atoms with Gasteiger partial charge < -0.3 is 14.8 Å². The average molecular weight is 426 g/mol. The van der Waals surface area contributed by atoms with E-state index in [0.717, 1.165) is 58.4 Å². The molecule has 0 saturated carbocycles. The zero-order valence-corrected chi connectivity index (χ0v) is 18.7. The van der Waals surface area contributed by atoms with Crippen molar-refractivity contribution in [1.29, 1.82) is 0 Å². The van der Waals surface area contributed by atoms with Gasteiger partial charge in [0, 0.05) is 22.8 Å². The lowest BCUT2D eigenvalue weighted by Crippen LogP contribution is -2.41. The van der Waals surface area contributed by atoms with Crippen molar-refractivity contribution in [3.05, 3.63) is 100 Å². The van der Waals surface area contributed by atoms with Gasteiger partial charge in [-0.1, -0.05) is 61.9 Å². The molecule has 1 aliphatic heterocycles. The standard InChI is InChI=1S/C28H27NO3/c1-4-5-14-22-25(18-11-7-6-8-12-18)26-23(16-19(31-2)17-24(26)32-3)28(22)21-15-10-9-13-20(21)27(30)29-28/h6-13,15-17H,4-5,14H2,1-3H3,(H,29,30). The van der Waals surface area contributed by atoms with Crippen LogP contribution < -0.4 is 14.8 Å². The third-order valence-corrected chi connectivity index (χ3v) is 6.66. The summed E-state index contributed by atoms with van der Waals surface area (Å²) in [6.07, 6.45) is 2.96. The maximum atomic E-state index is 13.2. The molecule has 1 unspecified atom stereocenters. The first-order chi connectivity index (χ1) is 15.7. The highest BCUT2D eigenvalue weighted by atomic mass is 16.5. The smallest absolute Gasteiger partial charge is 0.252 e. The number of methoxy groups -OCH3 is 2. The molecule has 1 aliphatic carbocycles. The van der Waals surface area contributed by atoms with E-state index in [1.165, 1.54) is 5.57 Å². The van der Waals surface area contributed by atoms with Gasteiger partial charge >= 0.3 is 0 Å². The lowest BCUT2D eigenvalue weighted by atomic mass is 9.78. The Labute approximate surface area is 188 Å². The minimum atomic E-state index is -0.731. The fourth-order valence-corrected chi connectivity index (χ4v) is 5.28. The largest absolute Gasteiger partial charge is 0.497 e. The van der Waals surface area contributed by atoms with Crippen LogP contribution in [0.5, 0.6) is 11.5 Å². The van der Waals surface area contributed by atoms with Gasteiger partial charge in [-0.05, 0) is 47.2 Å². The van der Waals surface area contributed by atoms with Crippen molar-refractivity contribution in [2.24, 2.45) is 0 Å². The predicted octanol–water partition coefficient (Wildman–Crippen LogP) is 5.70. The Kier molecular flexibility index (Phi) is 5.01. The van der Waals surface area contributed by atoms with Crippen LogP contribution in [0.4, 0.5) is 0 Å². The molecular weight excluding hydrogens is 398 g/mol. The lowest BCUT2D eigenvalue weighted by molar-refractivity contribution is 0.0947. The van der Waals surface area contributed by atoms with Crippen LogP contribution in [0.2, 0.25) is 0 Å². The molecule has 1 atom stereocenters. The van der Waals surface area contributed by atoms with Crippen LogP contribution in [0.3, 0.4) is 0 Å². The number of unbranched alkanes of at least 4 members (excludes halogenated alkanes) is 1. The summed E-state index contributed by atoms with van der Waals surface area (Å²) in [7, 11) is 3.35. The first-order valence-electron chi connectivity index (χ1n) is 11.1. The second-order valence-electron chi connectivity index (χ2n) is 8.33. The second-order valence-corrected chi connectivity index (χ2v) is 8.33. The molecule has 162 valence electrons. The van der Waals surface area contributed by atoms with Gasteiger partial charge in [0.25, 0.3) is 5.91 Å². The molecule has 1 spiro atoms. The highest BCUT2D eigenvalue weighted by Crippen LogP contribution is 2.58. The molecule has 4 nitrogen and oxygen atoms in total. The van der Waals surface area contributed by atoms with E-state index in [2.05, 4.69) is 48.6 Å². The van der Waals surface area contributed by atoms with E-state index >= 15 is 0 Å². The van der Waals surface area contributed by atoms with Crippen LogP contribution in [0.1, 0.15) is 58.8 Å². The van der Waals surface area contributed by atoms with Crippen LogP contribution >= 0.6 is 0 Å². The summed E-state index contributed by atoms with van der Waals surface area (Å²) in [5.41, 5.74) is 6.52. The quantitative estimate of drug-likeness (QED) is 0.551. The maximum absolute atomic E-state index is 13.2. The van der Waals surface area contributed by atoms with Crippen LogP contribution in [0, 0.1) is 0 Å². The predicted molar refractivity (Wildman–Crippen MR) is 126 cm³/mol. The number of hydrogen-bond donors (Lipinski definition) is 1. The fraction of sp³-hybridized carbons (Fsp3) is 0.250. The summed E-state index contributed by atoms with van der Waals surface area (Å²) < 4.78 is 11.5. The Balaban J connectivity index is 1.93. The van der Waals surface area contributed by atoms with E-state index in [9.17, 15) is 4.79 Å². The summed E-state index contributed by atoms with van der Waals surface area (Å²) in [5.74, 6) is 1.42. The van der Waals surface area contributed by atoms with E-state index < -0.39 is 5.54 Å². The number of rotatable bonds is 6. The molecule has 1 heterocycles. The number of carbonyl (C=O) groups is 1. The number of carbonyl (C=O) groups excluding carboxylic acids is 1. The Bertz CT molecular complexity index is 1230. The molecule has 1 amide bonds. The SMILES string of the molecule is CCCCC1=C(c2ccccc2)c2c(OC)cc(OC)cc2C12NC(=O)c1ccccc12. The first-order valence-corrected chi connectivity index (χ1v) is 11.1. The molecule has 0 radical (unpaired) electrons. The minimum Gasteiger partial charge on any atom is -0.497 e. The highest BCUT2D eigenvalue weighted by Gasteiger charge is 2.53. The van der Waals surface area contributed by atoms with Gasteiger partial charge in [0.1, 0.15) is 17.0 Å². The van der Waals surface area contributed by atoms with Crippen LogP contribution in [-0.4, -0.2) is 20.1 Å². The molecule has 3 aromatic carbocycles. The Morgan fingerprint density at radius 1 is 0.906 bits per heavy atom. The summed E-state index contributed by atoms with van der Waals surface area (Å²) in [6, 6.07) is 22.3. The molecule has 3 aromatic rings. The topological polar surface area (TPSA) is 47.6 Å². The molecule has 0 aromatic heterocycles. The fourth-order valence-electron chi connectivity index (χ4n) is 5.28. The minimum absolute atomic E-state index is 0.0448. The lowest BCUT2D eigenvalue weighted by Gasteiger charge is -2.31. The summed E-state index contributed by atoms with van der Waals surface area (Å²) >= 11 is 0. The van der Waals surface area contributed by atoms with Crippen molar-refractivity contribution in [2.75, 3.05) is 14.2 Å². The first kappa shape index (κ1) is 20.4. The Morgan fingerprint density at radius 3 is 2.38 bits per heavy atom. The van der Waals surface area contributed by atoms with E-state index in [1.807, 2.05) is 30.3 Å². The molecule has 0 fully saturated rings. The molecule has 4 heteroatoms. The molecule has 2 aliphatic rings. The number of fused-ring (bicyclic) bond motifs is 4. The van der Waals surface area contributed by atoms with E-state index in [1.54, 1.807) is 14.2 Å². The molecule has 0 bridgehead atoms. The number of ether oxygens (including phenoxy) is 2. The van der Waals surface area contributed by atoms with Gasteiger partial charge in [-0.3, -0.25) is 4.79 Å². The average Bonchev–Trinajstić information content (AvgIpc) is 3.29. The van der Waals surface area contributed by atoms with E-state index in [4.69, 9.17) is 9.47 Å². The molecule has 1 N–H and O–H groups in total. The van der Waals surface area contributed by atoms with Crippen molar-refractivity contribution in [1.82, 2.24) is 5.32 Å². The van der Waals surface area contributed by atoms with Gasteiger partial charge in [0.05, 0.1) is 14.2 Å². The molecular formula is C28H27NO3. The highest BCUT2D eigenvalue weighted by molar-refractivity contribution is 6.05. The van der Waals surface area contributed by atoms with Crippen molar-refractivity contribution in [2.45, 2.75) is 31.7 Å². The second kappa shape index (κ2) is 7.86. The number of hydrogen-bond acceptors (Lipinski definition) is 3. The van der Waals surface area contributed by atoms with Gasteiger partial charge in [-0.15, -0.1) is 0 Å². The molecule has 5 rings (SSSR count). The van der Waals surface area contributed by atoms with Crippen molar-refractivity contribution < 1.29 is 14.3 Å². The van der Waals surface area contributed by atoms with E-state index in [0.29, 0.717) is 5.75 Å². The Hall–Kier alpha value is -3.53. The van der Waals surface area contributed by atoms with E-state index in [-0.39, 0.29) is 5.91 Å². The number of benzene rings is 3. The van der Waals surface area contributed by atoms with Crippen molar-refractivity contribution >= 4 is 11.5 Å². The van der Waals surface area contributed by atoms with Crippen molar-refractivity contribution in [3.8, 4) is 11.5 Å². The maximum Gasteiger partial charge on any atom is 0.252 e. The van der Waals surface area contributed by atoms with Crippen LogP contribution in [0.25, 0.3) is 5.57 Å². The van der Waals surface area contributed by atoms with Gasteiger partial charge in [0.2, 0.25) is 0 Å². The van der Waals surface area contributed by atoms with Crippen molar-refractivity contribution in [3.63, 3.8) is 0 Å². The molecule has 0 saturated heterocycles. The normalized spacial score (nSPS) is 18.5. The van der Waals surface area contributed by atoms with Gasteiger partial charge in [0.15, 0.2) is 0 Å². The van der Waals surface area contributed by atoms with Crippen LogP contribution in [-0.2, 0) is 5.54 Å². The zero-order chi connectivity index (χ0) is 22.3. The monoisotopic (exact) mass is 425 g/mol. The molecule has 32 heavy (non-hydrogen) atoms. The summed E-state index contributed by atoms with van der Waals surface area (Å²) in [5, 5.41) is 3.40. The summed E-state index contributed by atoms with van der Waals surface area (Å²) in [6.45, 7) is 2.20.